The third-order valence-corrected chi connectivity index (χ3v) is 4.48. The Morgan fingerprint density at radius 2 is 2.40 bits per heavy atom. The van der Waals surface area contributed by atoms with Crippen LogP contribution in [0.4, 0.5) is 0 Å². The zero-order valence-corrected chi connectivity index (χ0v) is 9.37. The first-order valence-corrected chi connectivity index (χ1v) is 6.47. The molecular formula is C11H14N2OS. The molecule has 0 amide bonds. The van der Waals surface area contributed by atoms with Gasteiger partial charge in [-0.1, -0.05) is 10.9 Å². The molecule has 0 saturated heterocycles. The molecule has 0 N–H and O–H groups in total. The largest absolute Gasteiger partial charge is 0.292 e. The van der Waals surface area contributed by atoms with E-state index in [-0.39, 0.29) is 5.78 Å². The fourth-order valence-corrected chi connectivity index (χ4v) is 3.72. The summed E-state index contributed by atoms with van der Waals surface area (Å²) in [6.45, 7) is 0. The molecule has 80 valence electrons. The van der Waals surface area contributed by atoms with Gasteiger partial charge in [0.1, 0.15) is 5.69 Å². The molecule has 3 nitrogen and oxygen atoms in total. The van der Waals surface area contributed by atoms with E-state index in [9.17, 15) is 4.79 Å². The van der Waals surface area contributed by atoms with Gasteiger partial charge < -0.3 is 0 Å². The second kappa shape index (κ2) is 3.67. The van der Waals surface area contributed by atoms with Gasteiger partial charge in [0.05, 0.1) is 0 Å². The van der Waals surface area contributed by atoms with Crippen LogP contribution in [0.25, 0.3) is 0 Å². The summed E-state index contributed by atoms with van der Waals surface area (Å²) in [6.07, 6.45) is 6.08. The minimum atomic E-state index is 0.196. The first-order valence-electron chi connectivity index (χ1n) is 5.63. The summed E-state index contributed by atoms with van der Waals surface area (Å²) in [5, 5.41) is 5.60. The molecule has 2 bridgehead atoms. The predicted molar refractivity (Wildman–Crippen MR) is 57.8 cm³/mol. The summed E-state index contributed by atoms with van der Waals surface area (Å²) >= 11 is 1.26. The third-order valence-electron chi connectivity index (χ3n) is 3.98. The monoisotopic (exact) mass is 222 g/mol. The van der Waals surface area contributed by atoms with Gasteiger partial charge in [0, 0.05) is 11.8 Å². The molecule has 3 unspecified atom stereocenters. The Morgan fingerprint density at radius 3 is 3.00 bits per heavy atom. The zero-order chi connectivity index (χ0) is 10.3. The van der Waals surface area contributed by atoms with Crippen LogP contribution in [0, 0.1) is 17.8 Å². The number of carbonyl (C=O) groups excluding carboxylic acids is 1. The predicted octanol–water partition coefficient (Wildman–Crippen LogP) is 2.55. The zero-order valence-electron chi connectivity index (χ0n) is 8.56. The second-order valence-electron chi connectivity index (χ2n) is 4.85. The molecule has 0 spiro atoms. The molecule has 3 atom stereocenters. The van der Waals surface area contributed by atoms with Gasteiger partial charge in [-0.15, -0.1) is 5.10 Å². The minimum absolute atomic E-state index is 0.196. The molecule has 0 radical (unpaired) electrons. The van der Waals surface area contributed by atoms with Crippen molar-refractivity contribution >= 4 is 17.3 Å². The van der Waals surface area contributed by atoms with E-state index >= 15 is 0 Å². The Kier molecular flexibility index (Phi) is 2.31. The maximum absolute atomic E-state index is 11.8. The van der Waals surface area contributed by atoms with Crippen LogP contribution in [0.1, 0.15) is 42.6 Å². The first-order chi connectivity index (χ1) is 7.33. The van der Waals surface area contributed by atoms with Gasteiger partial charge in [-0.3, -0.25) is 4.79 Å². The molecule has 2 aliphatic rings. The SMILES string of the molecule is O=C(CC1CC2CCC1C2)c1csnn1. The molecule has 2 fully saturated rings. The summed E-state index contributed by atoms with van der Waals surface area (Å²) in [7, 11) is 0. The highest BCUT2D eigenvalue weighted by Crippen LogP contribution is 2.49. The number of nitrogens with zero attached hydrogens (tertiary/aromatic N) is 2. The number of rotatable bonds is 3. The highest BCUT2D eigenvalue weighted by atomic mass is 32.1. The average Bonchev–Trinajstić information content (AvgIpc) is 2.95. The van der Waals surface area contributed by atoms with Gasteiger partial charge in [-0.2, -0.15) is 0 Å². The third kappa shape index (κ3) is 1.71. The molecule has 15 heavy (non-hydrogen) atoms. The number of ketones is 1. The van der Waals surface area contributed by atoms with Gasteiger partial charge in [-0.05, 0) is 48.5 Å². The van der Waals surface area contributed by atoms with E-state index in [0.717, 1.165) is 11.8 Å². The van der Waals surface area contributed by atoms with Gasteiger partial charge >= 0.3 is 0 Å². The molecule has 1 aromatic rings. The summed E-state index contributed by atoms with van der Waals surface area (Å²) in [6, 6.07) is 0. The Bertz CT molecular complexity index is 363. The van der Waals surface area contributed by atoms with Gasteiger partial charge in [-0.25, -0.2) is 0 Å². The standard InChI is InChI=1S/C11H14N2OS/c14-11(10-6-15-13-12-10)5-9-4-7-1-2-8(9)3-7/h6-9H,1-5H2. The smallest absolute Gasteiger partial charge is 0.184 e. The van der Waals surface area contributed by atoms with Crippen LogP contribution in [-0.4, -0.2) is 15.4 Å². The number of hydrogen-bond donors (Lipinski definition) is 0. The summed E-state index contributed by atoms with van der Waals surface area (Å²) < 4.78 is 3.74. The van der Waals surface area contributed by atoms with Crippen molar-refractivity contribution in [1.29, 1.82) is 0 Å². The lowest BCUT2D eigenvalue weighted by molar-refractivity contribution is 0.0939. The van der Waals surface area contributed by atoms with Gasteiger partial charge in [0.25, 0.3) is 0 Å². The summed E-state index contributed by atoms with van der Waals surface area (Å²) in [5.41, 5.74) is 0.572. The van der Waals surface area contributed by atoms with E-state index in [1.807, 2.05) is 0 Å². The van der Waals surface area contributed by atoms with Crippen LogP contribution in [0.3, 0.4) is 0 Å². The summed E-state index contributed by atoms with van der Waals surface area (Å²) in [5.74, 6) is 2.58. The van der Waals surface area contributed by atoms with E-state index in [4.69, 9.17) is 0 Å². The molecule has 1 aromatic heterocycles. The molecule has 4 heteroatoms. The summed E-state index contributed by atoms with van der Waals surface area (Å²) in [4.78, 5) is 11.8. The maximum atomic E-state index is 11.8. The van der Waals surface area contributed by atoms with Crippen molar-refractivity contribution in [1.82, 2.24) is 9.59 Å². The maximum Gasteiger partial charge on any atom is 0.184 e. The Balaban J connectivity index is 1.64. The Labute approximate surface area is 93.1 Å². The van der Waals surface area contributed by atoms with Crippen molar-refractivity contribution in [3.63, 3.8) is 0 Å². The lowest BCUT2D eigenvalue weighted by Crippen LogP contribution is -2.15. The van der Waals surface area contributed by atoms with E-state index in [2.05, 4.69) is 9.59 Å². The van der Waals surface area contributed by atoms with E-state index in [1.165, 1.54) is 37.2 Å². The Morgan fingerprint density at radius 1 is 1.47 bits per heavy atom. The highest BCUT2D eigenvalue weighted by molar-refractivity contribution is 7.03. The number of Topliss-reactive ketones (excluding diaryl/α,β-unsaturated/α-hetero) is 1. The van der Waals surface area contributed by atoms with Gasteiger partial charge in [0.2, 0.25) is 0 Å². The second-order valence-corrected chi connectivity index (χ2v) is 5.46. The molecule has 3 rings (SSSR count). The number of fused-ring (bicyclic) bond motifs is 2. The van der Waals surface area contributed by atoms with Crippen molar-refractivity contribution in [2.24, 2.45) is 17.8 Å². The molecule has 2 saturated carbocycles. The van der Waals surface area contributed by atoms with Crippen LogP contribution in [0.2, 0.25) is 0 Å². The molecule has 0 aromatic carbocycles. The van der Waals surface area contributed by atoms with Crippen LogP contribution in [0.5, 0.6) is 0 Å². The lowest BCUT2D eigenvalue weighted by Gasteiger charge is -2.20. The van der Waals surface area contributed by atoms with Crippen LogP contribution < -0.4 is 0 Å². The van der Waals surface area contributed by atoms with Crippen molar-refractivity contribution in [2.75, 3.05) is 0 Å². The fourth-order valence-electron chi connectivity index (χ4n) is 3.26. The van der Waals surface area contributed by atoms with E-state index < -0.39 is 0 Å². The lowest BCUT2D eigenvalue weighted by atomic mass is 9.85. The van der Waals surface area contributed by atoms with Crippen LogP contribution in [-0.2, 0) is 0 Å². The number of aromatic nitrogens is 2. The van der Waals surface area contributed by atoms with E-state index in [1.54, 1.807) is 5.38 Å². The van der Waals surface area contributed by atoms with Crippen molar-refractivity contribution in [3.05, 3.63) is 11.1 Å². The molecule has 1 heterocycles. The Hall–Kier alpha value is -0.770. The molecule has 2 aliphatic carbocycles. The van der Waals surface area contributed by atoms with Crippen molar-refractivity contribution in [2.45, 2.75) is 32.1 Å². The number of hydrogen-bond acceptors (Lipinski definition) is 4. The van der Waals surface area contributed by atoms with Crippen molar-refractivity contribution in [3.8, 4) is 0 Å². The molecular weight excluding hydrogens is 208 g/mol. The first kappa shape index (κ1) is 9.46. The van der Waals surface area contributed by atoms with E-state index in [0.29, 0.717) is 18.0 Å². The quantitative estimate of drug-likeness (QED) is 0.738. The minimum Gasteiger partial charge on any atom is -0.292 e. The molecule has 0 aliphatic heterocycles. The highest BCUT2D eigenvalue weighted by Gasteiger charge is 2.40. The van der Waals surface area contributed by atoms with Crippen LogP contribution >= 0.6 is 11.5 Å². The average molecular weight is 222 g/mol. The number of carbonyl (C=O) groups is 1. The fraction of sp³-hybridized carbons (Fsp3) is 0.727. The normalized spacial score (nSPS) is 33.5. The van der Waals surface area contributed by atoms with Crippen molar-refractivity contribution < 1.29 is 4.79 Å². The van der Waals surface area contributed by atoms with Gasteiger partial charge in [0.15, 0.2) is 5.78 Å². The van der Waals surface area contributed by atoms with Crippen LogP contribution in [0.15, 0.2) is 5.38 Å². The topological polar surface area (TPSA) is 42.9 Å².